The molecule has 0 fully saturated rings. The first-order chi connectivity index (χ1) is 20.8. The van der Waals surface area contributed by atoms with Crippen LogP contribution in [0.1, 0.15) is 11.6 Å². The van der Waals surface area contributed by atoms with E-state index in [1.54, 1.807) is 0 Å². The number of benzene rings is 6. The molecule has 6 aromatic carbocycles. The van der Waals surface area contributed by atoms with Gasteiger partial charge in [0.2, 0.25) is 0 Å². The lowest BCUT2D eigenvalue weighted by Crippen LogP contribution is -2.18. The largest absolute Gasteiger partial charge is 0.387 e. The van der Waals surface area contributed by atoms with Crippen molar-refractivity contribution in [2.75, 3.05) is 6.54 Å². The Kier molecular flexibility index (Phi) is 5.97. The number of hydrogen-bond donors (Lipinski definition) is 2. The van der Waals surface area contributed by atoms with Crippen LogP contribution >= 0.6 is 0 Å². The number of dihydropyridines is 2. The summed E-state index contributed by atoms with van der Waals surface area (Å²) in [6.45, 7) is 0.890. The van der Waals surface area contributed by atoms with Crippen LogP contribution < -0.4 is 10.6 Å². The predicted octanol–water partition coefficient (Wildman–Crippen LogP) is 9.61. The third-order valence-electron chi connectivity index (χ3n) is 8.52. The molecule has 0 aromatic heterocycles. The molecule has 2 N–H and O–H groups in total. The first-order valence-electron chi connectivity index (χ1n) is 14.6. The van der Waals surface area contributed by atoms with Crippen LogP contribution in [0.4, 0.5) is 0 Å². The summed E-state index contributed by atoms with van der Waals surface area (Å²) in [7, 11) is 0. The maximum atomic E-state index is 3.59. The molecule has 6 aromatic rings. The average Bonchev–Trinajstić information content (AvgIpc) is 3.07. The van der Waals surface area contributed by atoms with E-state index in [0.29, 0.717) is 0 Å². The van der Waals surface area contributed by atoms with E-state index in [-0.39, 0.29) is 6.04 Å². The highest BCUT2D eigenvalue weighted by atomic mass is 14.9. The Morgan fingerprint density at radius 1 is 0.524 bits per heavy atom. The zero-order chi connectivity index (χ0) is 27.9. The number of allylic oxidation sites excluding steroid dienone is 4. The van der Waals surface area contributed by atoms with Crippen LogP contribution in [0.2, 0.25) is 0 Å². The first kappa shape index (κ1) is 24.5. The van der Waals surface area contributed by atoms with Crippen LogP contribution in [0.25, 0.3) is 54.6 Å². The van der Waals surface area contributed by atoms with Gasteiger partial charge in [0, 0.05) is 18.9 Å². The lowest BCUT2D eigenvalue weighted by atomic mass is 9.85. The molecule has 0 saturated carbocycles. The Balaban J connectivity index is 1.21. The summed E-state index contributed by atoms with van der Waals surface area (Å²) in [5, 5.41) is 14.5. The molecule has 1 unspecified atom stereocenters. The molecule has 2 nitrogen and oxygen atoms in total. The monoisotopic (exact) mass is 538 g/mol. The van der Waals surface area contributed by atoms with Crippen LogP contribution in [0, 0.1) is 0 Å². The molecular formula is C40H30N2. The Labute approximate surface area is 246 Å². The minimum Gasteiger partial charge on any atom is -0.387 e. The Morgan fingerprint density at radius 2 is 1.14 bits per heavy atom. The lowest BCUT2D eigenvalue weighted by Gasteiger charge is -2.21. The van der Waals surface area contributed by atoms with Crippen molar-refractivity contribution in [3.63, 3.8) is 0 Å². The molecule has 0 saturated heterocycles. The van der Waals surface area contributed by atoms with Gasteiger partial charge in [-0.2, -0.15) is 0 Å². The van der Waals surface area contributed by atoms with Crippen molar-refractivity contribution in [1.82, 2.24) is 10.6 Å². The molecule has 0 radical (unpaired) electrons. The van der Waals surface area contributed by atoms with Crippen molar-refractivity contribution in [2.24, 2.45) is 0 Å². The molecule has 1 atom stereocenters. The van der Waals surface area contributed by atoms with Gasteiger partial charge < -0.3 is 10.6 Å². The molecule has 2 aliphatic heterocycles. The summed E-state index contributed by atoms with van der Waals surface area (Å²) in [6.07, 6.45) is 13.0. The summed E-state index contributed by atoms with van der Waals surface area (Å²) in [5.74, 6) is 0. The molecule has 0 aliphatic carbocycles. The van der Waals surface area contributed by atoms with Crippen molar-refractivity contribution in [2.45, 2.75) is 6.04 Å². The topological polar surface area (TPSA) is 24.1 Å². The predicted molar refractivity (Wildman–Crippen MR) is 178 cm³/mol. The van der Waals surface area contributed by atoms with Crippen molar-refractivity contribution < 1.29 is 0 Å². The van der Waals surface area contributed by atoms with E-state index in [1.807, 2.05) is 0 Å². The maximum Gasteiger partial charge on any atom is 0.0696 e. The number of fused-ring (bicyclic) bond motifs is 3. The molecule has 2 heteroatoms. The summed E-state index contributed by atoms with van der Waals surface area (Å²) in [5.41, 5.74) is 8.74. The molecule has 2 heterocycles. The van der Waals surface area contributed by atoms with Gasteiger partial charge in [-0.05, 0) is 83.4 Å². The summed E-state index contributed by atoms with van der Waals surface area (Å²) >= 11 is 0. The normalized spacial score (nSPS) is 16.2. The van der Waals surface area contributed by atoms with Crippen LogP contribution in [0.5, 0.6) is 0 Å². The van der Waals surface area contributed by atoms with Gasteiger partial charge >= 0.3 is 0 Å². The Morgan fingerprint density at radius 3 is 1.79 bits per heavy atom. The highest BCUT2D eigenvalue weighted by Crippen LogP contribution is 2.44. The van der Waals surface area contributed by atoms with E-state index in [2.05, 4.69) is 163 Å². The maximum absolute atomic E-state index is 3.59. The van der Waals surface area contributed by atoms with E-state index >= 15 is 0 Å². The Bertz CT molecular complexity index is 2050. The summed E-state index contributed by atoms with van der Waals surface area (Å²) in [6, 6.07) is 42.4. The Hall–Kier alpha value is -5.34. The number of nitrogens with one attached hydrogen (secondary N) is 2. The van der Waals surface area contributed by atoms with E-state index in [1.165, 1.54) is 71.3 Å². The van der Waals surface area contributed by atoms with E-state index in [0.717, 1.165) is 6.54 Å². The molecule has 8 rings (SSSR count). The van der Waals surface area contributed by atoms with E-state index in [4.69, 9.17) is 0 Å². The lowest BCUT2D eigenvalue weighted by molar-refractivity contribution is 0.741. The highest BCUT2D eigenvalue weighted by molar-refractivity contribution is 6.21. The highest BCUT2D eigenvalue weighted by Gasteiger charge is 2.17. The standard InChI is InChI=1S/C40H30N2/c1-2-9-27(10-3-1)39-34-12-4-6-14-36(34)40(37-15-7-5-13-35(37)39)31-19-17-28-23-30(18-16-29(28)24-31)38-21-20-33(26-42-38)32-11-8-22-41-25-32/h1-21,23-26,38,41-42H,22H2. The zero-order valence-electron chi connectivity index (χ0n) is 23.2. The van der Waals surface area contributed by atoms with Crippen molar-refractivity contribution in [3.8, 4) is 22.3 Å². The van der Waals surface area contributed by atoms with Crippen LogP contribution in [-0.2, 0) is 0 Å². The second kappa shape index (κ2) is 10.2. The second-order valence-electron chi connectivity index (χ2n) is 11.0. The van der Waals surface area contributed by atoms with Crippen molar-refractivity contribution in [1.29, 1.82) is 0 Å². The average molecular weight is 539 g/mol. The zero-order valence-corrected chi connectivity index (χ0v) is 23.2. The van der Waals surface area contributed by atoms with E-state index < -0.39 is 0 Å². The van der Waals surface area contributed by atoms with Gasteiger partial charge in [0.15, 0.2) is 0 Å². The van der Waals surface area contributed by atoms with Crippen LogP contribution in [-0.4, -0.2) is 6.54 Å². The number of hydrogen-bond acceptors (Lipinski definition) is 2. The third-order valence-corrected chi connectivity index (χ3v) is 8.52. The number of rotatable bonds is 4. The van der Waals surface area contributed by atoms with Gasteiger partial charge in [-0.15, -0.1) is 0 Å². The fourth-order valence-corrected chi connectivity index (χ4v) is 6.49. The molecular weight excluding hydrogens is 508 g/mol. The minimum atomic E-state index is 0.150. The van der Waals surface area contributed by atoms with Crippen molar-refractivity contribution in [3.05, 3.63) is 169 Å². The second-order valence-corrected chi connectivity index (χ2v) is 11.0. The molecule has 0 spiro atoms. The van der Waals surface area contributed by atoms with Gasteiger partial charge in [0.1, 0.15) is 0 Å². The summed E-state index contributed by atoms with van der Waals surface area (Å²) in [4.78, 5) is 0. The molecule has 0 bridgehead atoms. The van der Waals surface area contributed by atoms with Gasteiger partial charge in [-0.1, -0.05) is 127 Å². The van der Waals surface area contributed by atoms with Gasteiger partial charge in [0.25, 0.3) is 0 Å². The molecule has 2 aliphatic rings. The quantitative estimate of drug-likeness (QED) is 0.218. The molecule has 0 amide bonds. The van der Waals surface area contributed by atoms with Crippen molar-refractivity contribution >= 4 is 32.3 Å². The smallest absolute Gasteiger partial charge is 0.0696 e. The fourth-order valence-electron chi connectivity index (χ4n) is 6.49. The SMILES string of the molecule is C1=CC(C2=CNC(c3ccc4cc(-c5c6ccccc6c(-c6ccccc6)c6ccccc56)ccc4c3)C=C2)=CNC1. The van der Waals surface area contributed by atoms with Crippen LogP contribution in [0.3, 0.4) is 0 Å². The summed E-state index contributed by atoms with van der Waals surface area (Å²) < 4.78 is 0. The van der Waals surface area contributed by atoms with Gasteiger partial charge in [-0.25, -0.2) is 0 Å². The van der Waals surface area contributed by atoms with Crippen LogP contribution in [0.15, 0.2) is 163 Å². The molecule has 42 heavy (non-hydrogen) atoms. The first-order valence-corrected chi connectivity index (χ1v) is 14.6. The van der Waals surface area contributed by atoms with E-state index in [9.17, 15) is 0 Å². The van der Waals surface area contributed by atoms with Gasteiger partial charge in [0.05, 0.1) is 6.04 Å². The third kappa shape index (κ3) is 4.20. The van der Waals surface area contributed by atoms with Gasteiger partial charge in [-0.3, -0.25) is 0 Å². The fraction of sp³-hybridized carbons (Fsp3) is 0.0500. The minimum absolute atomic E-state index is 0.150. The molecule has 200 valence electrons.